The van der Waals surface area contributed by atoms with Crippen molar-refractivity contribution in [1.29, 1.82) is 0 Å². The van der Waals surface area contributed by atoms with E-state index in [-0.39, 0.29) is 80.5 Å². The van der Waals surface area contributed by atoms with Crippen LogP contribution in [0.3, 0.4) is 0 Å². The summed E-state index contributed by atoms with van der Waals surface area (Å²) in [7, 11) is 0. The van der Waals surface area contributed by atoms with E-state index >= 15 is 0 Å². The van der Waals surface area contributed by atoms with Crippen LogP contribution >= 0.6 is 63.7 Å². The predicted molar refractivity (Wildman–Crippen MR) is 326 cm³/mol. The maximum absolute atomic E-state index is 14.5. The minimum Gasteiger partial charge on any atom is -0.481 e. The molecule has 2 atom stereocenters. The molecular formula is C62H74Br4N4O12. The number of hydrogen-bond acceptors (Lipinski definition) is 12. The third kappa shape index (κ3) is 13.5. The molecule has 16 nitrogen and oxygen atoms in total. The Kier molecular flexibility index (Phi) is 20.8. The quantitative estimate of drug-likeness (QED) is 0.0685. The molecule has 5 heterocycles. The highest BCUT2D eigenvalue weighted by atomic mass is 79.9. The lowest BCUT2D eigenvalue weighted by molar-refractivity contribution is -0.166. The van der Waals surface area contributed by atoms with E-state index in [9.17, 15) is 39.0 Å². The lowest BCUT2D eigenvalue weighted by Crippen LogP contribution is -2.32. The van der Waals surface area contributed by atoms with Gasteiger partial charge in [0.25, 0.3) is 0 Å². The fraction of sp³-hybridized carbons (Fsp3) is 0.581. The van der Waals surface area contributed by atoms with Gasteiger partial charge in [0.05, 0.1) is 86.4 Å². The first-order valence-electron chi connectivity index (χ1n) is 29.4. The van der Waals surface area contributed by atoms with Crippen molar-refractivity contribution in [2.24, 2.45) is 23.7 Å². The van der Waals surface area contributed by atoms with Crippen molar-refractivity contribution in [2.45, 2.75) is 194 Å². The number of carbonyl (C=O) groups is 6. The van der Waals surface area contributed by atoms with Gasteiger partial charge in [0, 0.05) is 24.0 Å². The second-order valence-corrected chi connectivity index (χ2v) is 26.3. The smallest absolute Gasteiger partial charge is 0.309 e. The standard InChI is InChI=1S/C62H74Br4N4O12/c1-31-39(25-27-43(71)72)55-50(66)56-40(26-28-44(73)74)32(2)52(68-56)48(64)57-46(42(82-62(78)38-23-15-8-16-24-38)30-80-60(76)36-19-11-6-12-20-36)34(4)54(70-57)49(65)58-45(33(3)53(69-58)47(63)51(31)67-55)41(81-61(77)37-21-13-7-14-22-37)29-79-59(75)35-17-9-5-10-18-35/h35-38,41-42,68-69H,5-30H2,1-4H3,(H,71,72)(H,73,74). The molecule has 2 aliphatic heterocycles. The van der Waals surface area contributed by atoms with Gasteiger partial charge in [-0.1, -0.05) is 77.0 Å². The summed E-state index contributed by atoms with van der Waals surface area (Å²) in [5.74, 6) is -4.76. The van der Waals surface area contributed by atoms with Gasteiger partial charge >= 0.3 is 35.8 Å². The fourth-order valence-electron chi connectivity index (χ4n) is 13.0. The van der Waals surface area contributed by atoms with Crippen LogP contribution in [0.2, 0.25) is 0 Å². The van der Waals surface area contributed by atoms with Crippen molar-refractivity contribution >= 4 is 144 Å². The summed E-state index contributed by atoms with van der Waals surface area (Å²) >= 11 is 15.9. The number of fused-ring (bicyclic) bond motifs is 8. The number of H-pyrrole nitrogens is 2. The summed E-state index contributed by atoms with van der Waals surface area (Å²) in [6.07, 6.45) is 14.4. The molecule has 0 radical (unpaired) electrons. The molecule has 20 heteroatoms. The molecule has 8 bridgehead atoms. The number of aromatic amines is 2. The molecule has 6 aliphatic rings. The molecule has 82 heavy (non-hydrogen) atoms. The third-order valence-corrected chi connectivity index (χ3v) is 20.9. The number of carboxylic acids is 2. The minimum atomic E-state index is -1.15. The van der Waals surface area contributed by atoms with E-state index in [1.165, 1.54) is 0 Å². The number of halogens is 4. The molecule has 4 aliphatic carbocycles. The Labute approximate surface area is 512 Å². The topological polar surface area (TPSA) is 237 Å². The summed E-state index contributed by atoms with van der Waals surface area (Å²) in [6.45, 7) is 6.95. The predicted octanol–water partition coefficient (Wildman–Crippen LogP) is 15.6. The number of aliphatic carboxylic acids is 2. The van der Waals surface area contributed by atoms with Crippen molar-refractivity contribution in [3.63, 3.8) is 0 Å². The van der Waals surface area contributed by atoms with E-state index in [1.807, 2.05) is 27.7 Å². The Bertz CT molecular complexity index is 3250. The highest BCUT2D eigenvalue weighted by molar-refractivity contribution is 9.11. The summed E-state index contributed by atoms with van der Waals surface area (Å²) in [5.41, 5.74) is 8.52. The molecule has 0 amide bonds. The zero-order valence-electron chi connectivity index (χ0n) is 47.2. The Morgan fingerprint density at radius 1 is 0.476 bits per heavy atom. The summed E-state index contributed by atoms with van der Waals surface area (Å²) < 4.78 is 27.5. The summed E-state index contributed by atoms with van der Waals surface area (Å²) in [6, 6.07) is 0. The van der Waals surface area contributed by atoms with Crippen molar-refractivity contribution in [1.82, 2.24) is 19.9 Å². The van der Waals surface area contributed by atoms with Gasteiger partial charge in [-0.15, -0.1) is 0 Å². The SMILES string of the molecule is CC1=C(CCC(=O)O)c2nc1c(Br)c1[nH]c(c(Br)c3nc(c(Br)c4[nH]c(c2Br)c(CCC(=O)O)c4C)C(C(COC(=O)C2CCCCC2)OC(=O)C2CCCCC2)=C3C)c(C(COC(=O)C2CCCCC2)OC(=O)C2CCCCC2)c1C. The number of carbonyl (C=O) groups excluding carboxylic acids is 4. The lowest BCUT2D eigenvalue weighted by atomic mass is 9.89. The van der Waals surface area contributed by atoms with Gasteiger partial charge in [0.15, 0.2) is 12.2 Å². The number of hydrogen-bond donors (Lipinski definition) is 4. The monoisotopic (exact) mass is 1380 g/mol. The first-order chi connectivity index (χ1) is 39.3. The van der Waals surface area contributed by atoms with Crippen molar-refractivity contribution in [2.75, 3.05) is 13.2 Å². The average Bonchev–Trinajstić information content (AvgIpc) is 2.96. The van der Waals surface area contributed by atoms with Crippen molar-refractivity contribution in [3.8, 4) is 0 Å². The normalized spacial score (nSPS) is 18.5. The number of nitrogens with zero attached hydrogens (tertiary/aromatic N) is 2. The molecule has 0 spiro atoms. The Morgan fingerprint density at radius 3 is 1.38 bits per heavy atom. The van der Waals surface area contributed by atoms with Gasteiger partial charge < -0.3 is 39.1 Å². The molecule has 2 unspecified atom stereocenters. The molecule has 442 valence electrons. The zero-order chi connectivity index (χ0) is 58.5. The molecule has 0 aromatic carbocycles. The van der Waals surface area contributed by atoms with Crippen LogP contribution < -0.4 is 0 Å². The lowest BCUT2D eigenvalue weighted by Gasteiger charge is -2.26. The number of nitrogens with one attached hydrogen (secondary N) is 2. The highest BCUT2D eigenvalue weighted by Crippen LogP contribution is 2.48. The van der Waals surface area contributed by atoms with Crippen molar-refractivity contribution < 1.29 is 57.9 Å². The van der Waals surface area contributed by atoms with Gasteiger partial charge in [-0.3, -0.25) is 28.8 Å². The van der Waals surface area contributed by atoms with E-state index in [0.29, 0.717) is 159 Å². The van der Waals surface area contributed by atoms with E-state index < -0.39 is 30.1 Å². The van der Waals surface area contributed by atoms with E-state index in [4.69, 9.17) is 28.9 Å². The Hall–Kier alpha value is -4.66. The third-order valence-electron chi connectivity index (χ3n) is 17.8. The average molecular weight is 1390 g/mol. The summed E-state index contributed by atoms with van der Waals surface area (Å²) in [4.78, 5) is 99.6. The molecule has 9 rings (SSSR count). The molecule has 0 saturated heterocycles. The number of rotatable bonds is 18. The number of aromatic nitrogens is 4. The Morgan fingerprint density at radius 2 is 0.866 bits per heavy atom. The maximum atomic E-state index is 14.5. The van der Waals surface area contributed by atoms with Gasteiger partial charge in [0.1, 0.15) is 13.2 Å². The molecule has 4 saturated carbocycles. The second kappa shape index (κ2) is 27.6. The minimum absolute atomic E-state index is 0.103. The molecule has 4 fully saturated rings. The molecular weight excluding hydrogens is 1310 g/mol. The highest BCUT2D eigenvalue weighted by Gasteiger charge is 2.38. The largest absolute Gasteiger partial charge is 0.481 e. The van der Waals surface area contributed by atoms with E-state index in [0.717, 1.165) is 77.0 Å². The maximum Gasteiger partial charge on any atom is 0.309 e. The molecule has 4 N–H and O–H groups in total. The van der Waals surface area contributed by atoms with E-state index in [2.05, 4.69) is 73.7 Å². The Balaban J connectivity index is 1.36. The number of carboxylic acid groups (broad SMARTS) is 2. The van der Waals surface area contributed by atoms with Gasteiger partial charge in [-0.05, 0) is 189 Å². The number of aryl methyl sites for hydroxylation is 3. The van der Waals surface area contributed by atoms with Crippen LogP contribution in [0, 0.1) is 37.5 Å². The van der Waals surface area contributed by atoms with Gasteiger partial charge in [-0.2, -0.15) is 0 Å². The molecule has 3 aromatic rings. The first-order valence-corrected chi connectivity index (χ1v) is 32.6. The van der Waals surface area contributed by atoms with Crippen LogP contribution in [0.5, 0.6) is 0 Å². The summed E-state index contributed by atoms with van der Waals surface area (Å²) in [5, 5.41) is 20.2. The molecule has 3 aromatic heterocycles. The number of allylic oxidation sites excluding steroid dienone is 3. The fourth-order valence-corrected chi connectivity index (χ4v) is 15.9. The number of ether oxygens (including phenoxy) is 4. The van der Waals surface area contributed by atoms with Crippen LogP contribution in [-0.4, -0.2) is 85.3 Å². The van der Waals surface area contributed by atoms with Gasteiger partial charge in [-0.25, -0.2) is 9.97 Å². The first kappa shape index (κ1) is 61.9. The number of esters is 4. The van der Waals surface area contributed by atoms with Crippen LogP contribution in [-0.2, 0) is 54.1 Å². The zero-order valence-corrected chi connectivity index (χ0v) is 53.6. The van der Waals surface area contributed by atoms with E-state index in [1.54, 1.807) is 0 Å². The van der Waals surface area contributed by atoms with Crippen LogP contribution in [0.1, 0.15) is 213 Å². The second-order valence-electron chi connectivity index (χ2n) is 23.1. The van der Waals surface area contributed by atoms with Crippen LogP contribution in [0.15, 0.2) is 17.9 Å². The van der Waals surface area contributed by atoms with Crippen LogP contribution in [0.4, 0.5) is 0 Å². The van der Waals surface area contributed by atoms with Gasteiger partial charge in [0.2, 0.25) is 0 Å². The van der Waals surface area contributed by atoms with Crippen LogP contribution in [0.25, 0.3) is 44.4 Å². The van der Waals surface area contributed by atoms with Crippen molar-refractivity contribution in [3.05, 3.63) is 62.9 Å².